The molecule has 0 saturated heterocycles. The molecule has 0 bridgehead atoms. The van der Waals surface area contributed by atoms with Crippen LogP contribution >= 0.6 is 27.3 Å². The molecule has 3 aromatic carbocycles. The Morgan fingerprint density at radius 1 is 0.972 bits per heavy atom. The predicted octanol–water partition coefficient (Wildman–Crippen LogP) is 8.44. The number of rotatable bonds is 3. The van der Waals surface area contributed by atoms with Crippen LogP contribution in [0.25, 0.3) is 11.3 Å². The number of para-hydroxylation sites is 1. The summed E-state index contributed by atoms with van der Waals surface area (Å²) >= 11 is 4.80. The minimum atomic E-state index is -4.50. The SMILES string of the molecule is Cc1cc(C)c2c(c1)/C(=N\n1c(-c3cccc(Br)c3)csc1=Nc1ccccc1C(F)(F)F)CCC2. The monoisotopic (exact) mass is 569 g/mol. The summed E-state index contributed by atoms with van der Waals surface area (Å²) in [4.78, 5) is 4.86. The van der Waals surface area contributed by atoms with E-state index in [0.29, 0.717) is 4.80 Å². The fourth-order valence-corrected chi connectivity index (χ4v) is 5.85. The van der Waals surface area contributed by atoms with Gasteiger partial charge in [-0.3, -0.25) is 0 Å². The maximum atomic E-state index is 13.7. The minimum Gasteiger partial charge on any atom is -0.219 e. The van der Waals surface area contributed by atoms with Crippen molar-refractivity contribution in [2.75, 3.05) is 0 Å². The van der Waals surface area contributed by atoms with Gasteiger partial charge in [0, 0.05) is 21.0 Å². The Morgan fingerprint density at radius 3 is 2.56 bits per heavy atom. The number of thiazole rings is 1. The average Bonchev–Trinajstić information content (AvgIpc) is 3.21. The Kier molecular flexibility index (Phi) is 6.74. The van der Waals surface area contributed by atoms with E-state index in [1.54, 1.807) is 10.7 Å². The van der Waals surface area contributed by atoms with Crippen LogP contribution in [0.15, 0.2) is 80.6 Å². The van der Waals surface area contributed by atoms with E-state index in [1.165, 1.54) is 34.6 Å². The van der Waals surface area contributed by atoms with Crippen molar-refractivity contribution in [3.05, 3.63) is 103 Å². The van der Waals surface area contributed by atoms with Crippen molar-refractivity contribution in [1.29, 1.82) is 0 Å². The van der Waals surface area contributed by atoms with Crippen LogP contribution in [0.1, 0.15) is 40.7 Å². The van der Waals surface area contributed by atoms with Gasteiger partial charge in [0.05, 0.1) is 22.7 Å². The van der Waals surface area contributed by atoms with E-state index in [9.17, 15) is 13.2 Å². The zero-order valence-corrected chi connectivity index (χ0v) is 22.1. The molecule has 0 saturated carbocycles. The van der Waals surface area contributed by atoms with E-state index < -0.39 is 11.7 Å². The summed E-state index contributed by atoms with van der Waals surface area (Å²) in [6.45, 7) is 4.19. The fourth-order valence-electron chi connectivity index (χ4n) is 4.61. The molecule has 1 aromatic heterocycles. The number of hydrogen-bond donors (Lipinski definition) is 0. The van der Waals surface area contributed by atoms with Crippen LogP contribution < -0.4 is 4.80 Å². The molecule has 4 aromatic rings. The number of fused-ring (bicyclic) bond motifs is 1. The minimum absolute atomic E-state index is 0.127. The van der Waals surface area contributed by atoms with Crippen LogP contribution in [-0.4, -0.2) is 10.4 Å². The largest absolute Gasteiger partial charge is 0.418 e. The molecule has 0 N–H and O–H groups in total. The molecule has 184 valence electrons. The van der Waals surface area contributed by atoms with E-state index in [0.717, 1.165) is 57.9 Å². The van der Waals surface area contributed by atoms with Gasteiger partial charge in [0.25, 0.3) is 0 Å². The van der Waals surface area contributed by atoms with Crippen molar-refractivity contribution in [2.24, 2.45) is 10.1 Å². The second kappa shape index (κ2) is 9.82. The summed E-state index contributed by atoms with van der Waals surface area (Å²) < 4.78 is 43.7. The lowest BCUT2D eigenvalue weighted by Crippen LogP contribution is -2.19. The van der Waals surface area contributed by atoms with Crippen molar-refractivity contribution in [3.8, 4) is 11.3 Å². The third kappa shape index (κ3) is 4.97. The normalized spacial score (nSPS) is 15.4. The third-order valence-corrected chi connectivity index (χ3v) is 7.53. The highest BCUT2D eigenvalue weighted by Gasteiger charge is 2.33. The molecule has 1 aliphatic rings. The second-order valence-electron chi connectivity index (χ2n) is 8.86. The Balaban J connectivity index is 1.76. The van der Waals surface area contributed by atoms with Crippen LogP contribution in [0.4, 0.5) is 18.9 Å². The van der Waals surface area contributed by atoms with Gasteiger partial charge in [0.15, 0.2) is 0 Å². The molecule has 0 radical (unpaired) electrons. The predicted molar refractivity (Wildman–Crippen MR) is 143 cm³/mol. The summed E-state index contributed by atoms with van der Waals surface area (Å²) in [7, 11) is 0. The molecular weight excluding hydrogens is 547 g/mol. The number of alkyl halides is 3. The van der Waals surface area contributed by atoms with Crippen molar-refractivity contribution < 1.29 is 13.2 Å². The highest BCUT2D eigenvalue weighted by Crippen LogP contribution is 2.36. The highest BCUT2D eigenvalue weighted by molar-refractivity contribution is 9.10. The quantitative estimate of drug-likeness (QED) is 0.237. The first-order chi connectivity index (χ1) is 17.2. The second-order valence-corrected chi connectivity index (χ2v) is 10.6. The molecule has 0 unspecified atom stereocenters. The molecule has 1 aliphatic carbocycles. The van der Waals surface area contributed by atoms with Gasteiger partial charge in [-0.2, -0.15) is 18.3 Å². The van der Waals surface area contributed by atoms with Gasteiger partial charge in [-0.05, 0) is 74.6 Å². The number of nitrogens with zero attached hydrogens (tertiary/aromatic N) is 3. The Bertz CT molecular complexity index is 1550. The fraction of sp³-hybridized carbons (Fsp3) is 0.214. The van der Waals surface area contributed by atoms with Crippen LogP contribution in [0, 0.1) is 13.8 Å². The number of hydrogen-bond acceptors (Lipinski definition) is 3. The van der Waals surface area contributed by atoms with Gasteiger partial charge in [0.2, 0.25) is 4.80 Å². The molecular formula is C28H23BrF3N3S. The number of aromatic nitrogens is 1. The Labute approximate surface area is 219 Å². The lowest BCUT2D eigenvalue weighted by atomic mass is 9.86. The van der Waals surface area contributed by atoms with Crippen molar-refractivity contribution >= 4 is 38.7 Å². The third-order valence-electron chi connectivity index (χ3n) is 6.22. The van der Waals surface area contributed by atoms with Gasteiger partial charge in [0.1, 0.15) is 0 Å². The van der Waals surface area contributed by atoms with Gasteiger partial charge in [-0.15, -0.1) is 11.3 Å². The van der Waals surface area contributed by atoms with Gasteiger partial charge >= 0.3 is 6.18 Å². The molecule has 0 fully saturated rings. The molecule has 36 heavy (non-hydrogen) atoms. The Hall–Kier alpha value is -2.97. The van der Waals surface area contributed by atoms with Gasteiger partial charge in [-0.25, -0.2) is 9.67 Å². The molecule has 0 amide bonds. The van der Waals surface area contributed by atoms with Crippen LogP contribution in [0.5, 0.6) is 0 Å². The molecule has 1 heterocycles. The maximum absolute atomic E-state index is 13.7. The van der Waals surface area contributed by atoms with Crippen molar-refractivity contribution in [1.82, 2.24) is 4.68 Å². The van der Waals surface area contributed by atoms with Crippen LogP contribution in [0.3, 0.4) is 0 Å². The van der Waals surface area contributed by atoms with Crippen molar-refractivity contribution in [3.63, 3.8) is 0 Å². The van der Waals surface area contributed by atoms with E-state index in [2.05, 4.69) is 46.9 Å². The van der Waals surface area contributed by atoms with Crippen LogP contribution in [-0.2, 0) is 12.6 Å². The summed E-state index contributed by atoms with van der Waals surface area (Å²) in [6, 6.07) is 17.5. The first-order valence-electron chi connectivity index (χ1n) is 11.6. The summed E-state index contributed by atoms with van der Waals surface area (Å²) in [5, 5.41) is 6.94. The highest BCUT2D eigenvalue weighted by atomic mass is 79.9. The smallest absolute Gasteiger partial charge is 0.219 e. The maximum Gasteiger partial charge on any atom is 0.418 e. The molecule has 0 aliphatic heterocycles. The van der Waals surface area contributed by atoms with Gasteiger partial charge in [-0.1, -0.05) is 51.8 Å². The van der Waals surface area contributed by atoms with E-state index >= 15 is 0 Å². The summed E-state index contributed by atoms with van der Waals surface area (Å²) in [5.74, 6) is 0. The first kappa shape index (κ1) is 24.7. The molecule has 0 atom stereocenters. The van der Waals surface area contributed by atoms with Crippen molar-refractivity contribution in [2.45, 2.75) is 39.3 Å². The van der Waals surface area contributed by atoms with E-state index in [4.69, 9.17) is 5.10 Å². The molecule has 0 spiro atoms. The molecule has 5 rings (SSSR count). The number of benzene rings is 3. The molecule has 3 nitrogen and oxygen atoms in total. The molecule has 8 heteroatoms. The van der Waals surface area contributed by atoms with Gasteiger partial charge < -0.3 is 0 Å². The zero-order valence-electron chi connectivity index (χ0n) is 19.7. The summed E-state index contributed by atoms with van der Waals surface area (Å²) in [6.07, 6.45) is -1.76. The standard InChI is InChI=1S/C28H23BrF3N3S/c1-17-13-18(2)21-9-6-12-24(22(21)14-17)34-35-26(19-7-5-8-20(29)15-19)16-36-27(35)33-25-11-4-3-10-23(25)28(30,31)32/h3-5,7-8,10-11,13-16H,6,9,12H2,1-2H3/b33-27?,34-24-. The lowest BCUT2D eigenvalue weighted by Gasteiger charge is -2.21. The average molecular weight is 570 g/mol. The number of halogens is 4. The van der Waals surface area contributed by atoms with E-state index in [1.807, 2.05) is 29.6 Å². The lowest BCUT2D eigenvalue weighted by molar-refractivity contribution is -0.137. The topological polar surface area (TPSA) is 29.6 Å². The van der Waals surface area contributed by atoms with E-state index in [-0.39, 0.29) is 5.69 Å². The first-order valence-corrected chi connectivity index (χ1v) is 13.2. The number of aryl methyl sites for hydroxylation is 2. The Morgan fingerprint density at radius 2 is 1.78 bits per heavy atom. The summed E-state index contributed by atoms with van der Waals surface area (Å²) in [5.41, 5.74) is 6.49. The zero-order chi connectivity index (χ0) is 25.4. The van der Waals surface area contributed by atoms with Crippen LogP contribution in [0.2, 0.25) is 0 Å².